The number of benzene rings is 2. The molecule has 2 aromatic carbocycles. The van der Waals surface area contributed by atoms with Crippen LogP contribution in [0.3, 0.4) is 0 Å². The lowest BCUT2D eigenvalue weighted by atomic mass is 10.00. The fraction of sp³-hybridized carbons (Fsp3) is 0.182. The number of aliphatic imine (C=N–C) groups is 1. The Hall–Kier alpha value is -2.83. The molecule has 1 heterocycles. The van der Waals surface area contributed by atoms with Crippen LogP contribution in [0.4, 0.5) is 0 Å². The Bertz CT molecular complexity index is 1020. The van der Waals surface area contributed by atoms with Crippen molar-refractivity contribution in [2.45, 2.75) is 17.7 Å². The number of hydrogen-bond acceptors (Lipinski definition) is 5. The zero-order chi connectivity index (χ0) is 19.7. The maximum atomic E-state index is 12.3. The predicted octanol–water partition coefficient (Wildman–Crippen LogP) is 4.00. The molecule has 1 atom stereocenters. The van der Waals surface area contributed by atoms with Crippen molar-refractivity contribution in [3.8, 4) is 5.75 Å². The molecular weight excluding hydrogens is 374 g/mol. The van der Waals surface area contributed by atoms with Gasteiger partial charge in [-0.15, -0.1) is 0 Å². The Morgan fingerprint density at radius 1 is 1.21 bits per heavy atom. The largest absolute Gasteiger partial charge is 0.612 e. The Morgan fingerprint density at radius 2 is 2.00 bits per heavy atom. The molecule has 0 bridgehead atoms. The Balaban J connectivity index is 1.89. The molecule has 4 rings (SSSR count). The molecule has 0 saturated carbocycles. The van der Waals surface area contributed by atoms with Crippen molar-refractivity contribution in [3.63, 3.8) is 0 Å². The molecule has 1 aliphatic heterocycles. The molecule has 2 aliphatic rings. The maximum absolute atomic E-state index is 12.3. The number of allylic oxidation sites excluding steroid dienone is 3. The minimum Gasteiger partial charge on any atom is -0.612 e. The van der Waals surface area contributed by atoms with Gasteiger partial charge in [0.2, 0.25) is 0 Å². The first-order chi connectivity index (χ1) is 13.6. The molecule has 142 valence electrons. The molecule has 6 heteroatoms. The molecular formula is C22H19NO4S. The molecule has 1 aliphatic carbocycles. The van der Waals surface area contributed by atoms with Gasteiger partial charge in [-0.1, -0.05) is 24.3 Å². The molecule has 2 aromatic rings. The summed E-state index contributed by atoms with van der Waals surface area (Å²) in [6, 6.07) is 12.7. The highest BCUT2D eigenvalue weighted by molar-refractivity contribution is 7.90. The highest BCUT2D eigenvalue weighted by Gasteiger charge is 2.27. The van der Waals surface area contributed by atoms with Crippen molar-refractivity contribution in [1.29, 1.82) is 0 Å². The summed E-state index contributed by atoms with van der Waals surface area (Å²) in [4.78, 5) is 17.3. The van der Waals surface area contributed by atoms with E-state index in [1.54, 1.807) is 18.4 Å². The average Bonchev–Trinajstić information content (AvgIpc) is 2.89. The van der Waals surface area contributed by atoms with Crippen LogP contribution in [-0.4, -0.2) is 29.6 Å². The van der Waals surface area contributed by atoms with E-state index in [9.17, 15) is 9.35 Å². The second-order valence-electron chi connectivity index (χ2n) is 6.47. The van der Waals surface area contributed by atoms with Crippen LogP contribution < -0.4 is 4.74 Å². The summed E-state index contributed by atoms with van der Waals surface area (Å²) >= 11 is -1.20. The quantitative estimate of drug-likeness (QED) is 0.584. The zero-order valence-electron chi connectivity index (χ0n) is 15.6. The summed E-state index contributed by atoms with van der Waals surface area (Å²) in [6.07, 6.45) is 7.29. The monoisotopic (exact) mass is 393 g/mol. The van der Waals surface area contributed by atoms with Crippen LogP contribution in [0.2, 0.25) is 0 Å². The van der Waals surface area contributed by atoms with Gasteiger partial charge in [0.25, 0.3) is 0 Å². The molecule has 1 unspecified atom stereocenters. The van der Waals surface area contributed by atoms with Gasteiger partial charge in [0, 0.05) is 17.5 Å². The van der Waals surface area contributed by atoms with Crippen LogP contribution in [0.1, 0.15) is 34.3 Å². The molecule has 0 saturated heterocycles. The summed E-state index contributed by atoms with van der Waals surface area (Å²) in [5.41, 5.74) is 3.57. The third kappa shape index (κ3) is 3.37. The van der Waals surface area contributed by atoms with E-state index in [0.29, 0.717) is 16.2 Å². The first-order valence-corrected chi connectivity index (χ1v) is 10.5. The van der Waals surface area contributed by atoms with Crippen LogP contribution >= 0.6 is 0 Å². The van der Waals surface area contributed by atoms with Gasteiger partial charge in [0.05, 0.1) is 18.4 Å². The molecule has 0 radical (unpaired) electrons. The second-order valence-corrected chi connectivity index (χ2v) is 7.82. The molecule has 5 nitrogen and oxygen atoms in total. The topological polar surface area (TPSA) is 71.0 Å². The van der Waals surface area contributed by atoms with Crippen molar-refractivity contribution in [3.05, 3.63) is 82.8 Å². The molecule has 0 fully saturated rings. The van der Waals surface area contributed by atoms with Crippen LogP contribution in [0, 0.1) is 0 Å². The van der Waals surface area contributed by atoms with Gasteiger partial charge in [-0.2, -0.15) is 0 Å². The van der Waals surface area contributed by atoms with Crippen molar-refractivity contribution in [2.24, 2.45) is 4.99 Å². The smallest absolute Gasteiger partial charge is 0.337 e. The zero-order valence-corrected chi connectivity index (χ0v) is 16.4. The van der Waals surface area contributed by atoms with Gasteiger partial charge < -0.3 is 14.0 Å². The lowest BCUT2D eigenvalue weighted by Crippen LogP contribution is -2.09. The second kappa shape index (κ2) is 7.66. The minimum atomic E-state index is -1.20. The Labute approximate surface area is 166 Å². The minimum absolute atomic E-state index is 0.387. The number of ether oxygens (including phenoxy) is 2. The average molecular weight is 393 g/mol. The lowest BCUT2D eigenvalue weighted by Gasteiger charge is -2.16. The van der Waals surface area contributed by atoms with E-state index in [1.165, 1.54) is 7.11 Å². The van der Waals surface area contributed by atoms with E-state index in [-0.39, 0.29) is 5.97 Å². The molecule has 28 heavy (non-hydrogen) atoms. The summed E-state index contributed by atoms with van der Waals surface area (Å²) in [5.74, 6) is 0.976. The van der Waals surface area contributed by atoms with E-state index < -0.39 is 11.2 Å². The summed E-state index contributed by atoms with van der Waals surface area (Å²) in [7, 11) is 1.36. The van der Waals surface area contributed by atoms with Crippen molar-refractivity contribution in [1.82, 2.24) is 0 Å². The van der Waals surface area contributed by atoms with Gasteiger partial charge in [0.15, 0.2) is 10.6 Å². The van der Waals surface area contributed by atoms with Crippen LogP contribution in [0.5, 0.6) is 5.75 Å². The number of methoxy groups -OCH3 is 1. The number of rotatable bonds is 3. The molecule has 0 spiro atoms. The normalized spacial score (nSPS) is 16.3. The molecule has 0 aromatic heterocycles. The van der Waals surface area contributed by atoms with Gasteiger partial charge in [-0.25, -0.2) is 9.79 Å². The first-order valence-electron chi connectivity index (χ1n) is 8.90. The predicted molar refractivity (Wildman–Crippen MR) is 108 cm³/mol. The van der Waals surface area contributed by atoms with E-state index in [4.69, 9.17) is 14.5 Å². The Kier molecular flexibility index (Phi) is 5.07. The Morgan fingerprint density at radius 3 is 2.71 bits per heavy atom. The van der Waals surface area contributed by atoms with Crippen molar-refractivity contribution in [2.75, 3.05) is 13.4 Å². The third-order valence-corrected chi connectivity index (χ3v) is 5.62. The van der Waals surface area contributed by atoms with Gasteiger partial charge in [-0.05, 0) is 47.9 Å². The number of fused-ring (bicyclic) bond motifs is 1. The number of carbonyl (C=O) groups excluding carboxylic acids is 1. The van der Waals surface area contributed by atoms with Gasteiger partial charge in [-0.3, -0.25) is 0 Å². The summed E-state index contributed by atoms with van der Waals surface area (Å²) < 4.78 is 23.3. The maximum Gasteiger partial charge on any atom is 0.337 e. The first kappa shape index (κ1) is 18.5. The lowest BCUT2D eigenvalue weighted by molar-refractivity contribution is 0.0600. The summed E-state index contributed by atoms with van der Waals surface area (Å²) in [5, 5.41) is 0. The van der Waals surface area contributed by atoms with E-state index in [0.717, 1.165) is 41.1 Å². The van der Waals surface area contributed by atoms with Crippen molar-refractivity contribution >= 4 is 22.9 Å². The fourth-order valence-electron chi connectivity index (χ4n) is 3.27. The highest BCUT2D eigenvalue weighted by atomic mass is 32.2. The van der Waals surface area contributed by atoms with Crippen molar-refractivity contribution < 1.29 is 18.8 Å². The number of nitrogens with zero attached hydrogens (tertiary/aromatic N) is 1. The van der Waals surface area contributed by atoms with Gasteiger partial charge >= 0.3 is 5.97 Å². The van der Waals surface area contributed by atoms with Gasteiger partial charge in [0.1, 0.15) is 17.7 Å². The highest BCUT2D eigenvalue weighted by Crippen LogP contribution is 2.37. The van der Waals surface area contributed by atoms with E-state index in [1.807, 2.05) is 36.4 Å². The molecule has 0 N–H and O–H groups in total. The number of hydrogen-bond donors (Lipinski definition) is 0. The van der Waals surface area contributed by atoms with Crippen LogP contribution in [-0.2, 0) is 15.9 Å². The van der Waals surface area contributed by atoms with E-state index in [2.05, 4.69) is 6.08 Å². The number of esters is 1. The van der Waals surface area contributed by atoms with E-state index >= 15 is 0 Å². The molecule has 0 amide bonds. The van der Waals surface area contributed by atoms with Crippen LogP contribution in [0.15, 0.2) is 76.0 Å². The SMILES string of the molecule is COC(=O)c1ccc(C2=NC3=C(CCC=C3)Oc3c2cccc3[S+](C)[O-])cc1. The fourth-order valence-corrected chi connectivity index (χ4v) is 3.96. The summed E-state index contributed by atoms with van der Waals surface area (Å²) in [6.45, 7) is 0. The number of para-hydroxylation sites is 1. The number of carbonyl (C=O) groups is 1. The standard InChI is InChI=1S/C22H19NO4S/c1-26-22(24)15-12-10-14(11-13-15)20-16-6-5-9-19(28(2)25)21(16)27-18-8-4-3-7-17(18)23-20/h3,5-7,9-13H,4,8H2,1-2H3. The third-order valence-electron chi connectivity index (χ3n) is 4.68. The van der Waals surface area contributed by atoms with Crippen LogP contribution in [0.25, 0.3) is 0 Å².